The van der Waals surface area contributed by atoms with Gasteiger partial charge in [-0.15, -0.1) is 0 Å². The van der Waals surface area contributed by atoms with E-state index >= 15 is 0 Å². The van der Waals surface area contributed by atoms with Crippen molar-refractivity contribution in [1.29, 1.82) is 0 Å². The lowest BCUT2D eigenvalue weighted by atomic mass is 10.2. The molecule has 5 N–H and O–H groups in total. The van der Waals surface area contributed by atoms with Gasteiger partial charge in [-0.3, -0.25) is 5.01 Å². The number of methoxy groups -OCH3 is 1. The zero-order chi connectivity index (χ0) is 16.9. The summed E-state index contributed by atoms with van der Waals surface area (Å²) in [6.45, 7) is 3.25. The molecule has 7 nitrogen and oxygen atoms in total. The van der Waals surface area contributed by atoms with Gasteiger partial charge in [0.1, 0.15) is 0 Å². The molecule has 0 saturated heterocycles. The molecule has 23 heavy (non-hydrogen) atoms. The molecule has 0 aliphatic rings. The second-order valence-electron chi connectivity index (χ2n) is 4.97. The third-order valence-corrected chi connectivity index (χ3v) is 2.99. The van der Waals surface area contributed by atoms with Gasteiger partial charge in [-0.1, -0.05) is 12.1 Å². The molecular weight excluding hydrogens is 296 g/mol. The summed E-state index contributed by atoms with van der Waals surface area (Å²) in [7, 11) is 3.55. The largest absolute Gasteiger partial charge is 0.399 e. The molecule has 0 unspecified atom stereocenters. The summed E-state index contributed by atoms with van der Waals surface area (Å²) in [5, 5.41) is 4.58. The van der Waals surface area contributed by atoms with Crippen LogP contribution in [0.1, 0.15) is 5.56 Å². The smallest absolute Gasteiger partial charge is 0.0877 e. The lowest BCUT2D eigenvalue weighted by molar-refractivity contribution is 0.0299. The van der Waals surface area contributed by atoms with Crippen molar-refractivity contribution in [2.45, 2.75) is 6.54 Å². The van der Waals surface area contributed by atoms with Crippen LogP contribution in [0.4, 0.5) is 5.69 Å². The maximum absolute atomic E-state index is 5.97. The predicted molar refractivity (Wildman–Crippen MR) is 91.7 cm³/mol. The minimum absolute atomic E-state index is 0.305. The Morgan fingerprint density at radius 2 is 1.78 bits per heavy atom. The van der Waals surface area contributed by atoms with Gasteiger partial charge in [0.2, 0.25) is 0 Å². The first-order chi connectivity index (χ1) is 11.2. The van der Waals surface area contributed by atoms with Crippen LogP contribution in [-0.4, -0.2) is 47.2 Å². The number of nitrogens with one attached hydrogen (secondary N) is 1. The van der Waals surface area contributed by atoms with Gasteiger partial charge in [0.05, 0.1) is 44.4 Å². The molecule has 0 spiro atoms. The molecule has 0 atom stereocenters. The number of anilines is 1. The Morgan fingerprint density at radius 3 is 2.43 bits per heavy atom. The van der Waals surface area contributed by atoms with Gasteiger partial charge in [0.25, 0.3) is 0 Å². The van der Waals surface area contributed by atoms with Gasteiger partial charge < -0.3 is 25.3 Å². The highest BCUT2D eigenvalue weighted by Gasteiger charge is 2.01. The van der Waals surface area contributed by atoms with Crippen LogP contribution in [0.5, 0.6) is 0 Å². The van der Waals surface area contributed by atoms with Crippen molar-refractivity contribution in [2.75, 3.05) is 52.2 Å². The number of benzene rings is 1. The molecule has 0 saturated carbocycles. The van der Waals surface area contributed by atoms with E-state index in [9.17, 15) is 0 Å². The quantitative estimate of drug-likeness (QED) is 0.294. The van der Waals surface area contributed by atoms with Gasteiger partial charge in [0.15, 0.2) is 0 Å². The van der Waals surface area contributed by atoms with Crippen molar-refractivity contribution in [1.82, 2.24) is 5.32 Å². The van der Waals surface area contributed by atoms with Crippen LogP contribution in [0.2, 0.25) is 0 Å². The lowest BCUT2D eigenvalue weighted by Crippen LogP contribution is -2.27. The average Bonchev–Trinajstić information content (AvgIpc) is 2.55. The standard InChI is InChI=1S/C16H28N4O3/c1-19-11-14-3-5-16(6-4-14)20(18)12-15(17)13-23-10-9-22-8-7-21-2/h3-6,12,19H,7-11,13,17-18H2,1-2H3/b15-12-. The number of hydrogen-bond acceptors (Lipinski definition) is 7. The molecule has 1 rings (SSSR count). The Balaban J connectivity index is 2.30. The molecule has 1 aromatic rings. The van der Waals surface area contributed by atoms with Crippen LogP contribution in [0.25, 0.3) is 0 Å². The lowest BCUT2D eigenvalue weighted by Gasteiger charge is -2.16. The first-order valence-electron chi connectivity index (χ1n) is 7.55. The minimum atomic E-state index is 0.305. The van der Waals surface area contributed by atoms with E-state index in [0.29, 0.717) is 38.7 Å². The summed E-state index contributed by atoms with van der Waals surface area (Å²) in [4.78, 5) is 0. The third kappa shape index (κ3) is 8.53. The number of ether oxygens (including phenoxy) is 3. The monoisotopic (exact) mass is 324 g/mol. The molecule has 0 radical (unpaired) electrons. The van der Waals surface area contributed by atoms with Gasteiger partial charge in [0, 0.05) is 19.9 Å². The SMILES string of the molecule is CNCc1ccc(N(N)/C=C(\N)COCCOCCOC)cc1. The van der Waals surface area contributed by atoms with Crippen molar-refractivity contribution in [3.05, 3.63) is 41.7 Å². The molecule has 0 aliphatic carbocycles. The molecule has 7 heteroatoms. The molecular formula is C16H28N4O3. The summed E-state index contributed by atoms with van der Waals surface area (Å²) in [6.07, 6.45) is 1.65. The Morgan fingerprint density at radius 1 is 1.13 bits per heavy atom. The van der Waals surface area contributed by atoms with E-state index in [4.69, 9.17) is 25.8 Å². The number of rotatable bonds is 12. The number of nitrogens with two attached hydrogens (primary N) is 2. The van der Waals surface area contributed by atoms with Crippen LogP contribution in [0.15, 0.2) is 36.2 Å². The highest BCUT2D eigenvalue weighted by Crippen LogP contribution is 2.13. The van der Waals surface area contributed by atoms with E-state index < -0.39 is 0 Å². The molecule has 0 heterocycles. The van der Waals surface area contributed by atoms with E-state index in [0.717, 1.165) is 12.2 Å². The van der Waals surface area contributed by atoms with E-state index in [1.165, 1.54) is 10.6 Å². The Hall–Kier alpha value is -1.64. The van der Waals surface area contributed by atoms with Crippen LogP contribution in [0, 0.1) is 0 Å². The average molecular weight is 324 g/mol. The number of nitrogens with zero attached hydrogens (tertiary/aromatic N) is 1. The number of hydrogen-bond donors (Lipinski definition) is 3. The van der Waals surface area contributed by atoms with Gasteiger partial charge in [-0.05, 0) is 24.7 Å². The van der Waals surface area contributed by atoms with E-state index in [-0.39, 0.29) is 0 Å². The van der Waals surface area contributed by atoms with Crippen LogP contribution in [-0.2, 0) is 20.8 Å². The van der Waals surface area contributed by atoms with Crippen molar-refractivity contribution >= 4 is 5.69 Å². The highest BCUT2D eigenvalue weighted by molar-refractivity contribution is 5.48. The first kappa shape index (κ1) is 19.4. The van der Waals surface area contributed by atoms with E-state index in [1.54, 1.807) is 13.3 Å². The Bertz CT molecular complexity index is 451. The molecule has 0 fully saturated rings. The molecule has 0 amide bonds. The summed E-state index contributed by atoms with van der Waals surface area (Å²) in [5.41, 5.74) is 8.49. The highest BCUT2D eigenvalue weighted by atomic mass is 16.5. The maximum Gasteiger partial charge on any atom is 0.0877 e. The number of hydrazine groups is 1. The third-order valence-electron chi connectivity index (χ3n) is 2.99. The second kappa shape index (κ2) is 11.9. The van der Waals surface area contributed by atoms with Crippen LogP contribution in [0.3, 0.4) is 0 Å². The fraction of sp³-hybridized carbons (Fsp3) is 0.500. The van der Waals surface area contributed by atoms with Crippen molar-refractivity contribution in [3.63, 3.8) is 0 Å². The van der Waals surface area contributed by atoms with Gasteiger partial charge in [-0.25, -0.2) is 5.84 Å². The van der Waals surface area contributed by atoms with Crippen molar-refractivity contribution in [2.24, 2.45) is 11.6 Å². The van der Waals surface area contributed by atoms with Gasteiger partial charge >= 0.3 is 0 Å². The molecule has 0 aliphatic heterocycles. The molecule has 0 aromatic heterocycles. The summed E-state index contributed by atoms with van der Waals surface area (Å²) < 4.78 is 15.6. The first-order valence-corrected chi connectivity index (χ1v) is 7.55. The van der Waals surface area contributed by atoms with Crippen molar-refractivity contribution < 1.29 is 14.2 Å². The zero-order valence-electron chi connectivity index (χ0n) is 14.0. The maximum atomic E-state index is 5.97. The van der Waals surface area contributed by atoms with E-state index in [2.05, 4.69) is 5.32 Å². The second-order valence-corrected chi connectivity index (χ2v) is 4.97. The molecule has 130 valence electrons. The zero-order valence-corrected chi connectivity index (χ0v) is 14.0. The van der Waals surface area contributed by atoms with Gasteiger partial charge in [-0.2, -0.15) is 0 Å². The Kier molecular flexibility index (Phi) is 10.0. The summed E-state index contributed by atoms with van der Waals surface area (Å²) in [5.74, 6) is 5.97. The Labute approximate surface area is 138 Å². The fourth-order valence-electron chi connectivity index (χ4n) is 1.83. The summed E-state index contributed by atoms with van der Waals surface area (Å²) in [6, 6.07) is 7.93. The van der Waals surface area contributed by atoms with Crippen molar-refractivity contribution in [3.8, 4) is 0 Å². The fourth-order valence-corrected chi connectivity index (χ4v) is 1.83. The normalized spacial score (nSPS) is 11.7. The topological polar surface area (TPSA) is 95.0 Å². The summed E-state index contributed by atoms with van der Waals surface area (Å²) >= 11 is 0. The van der Waals surface area contributed by atoms with Crippen LogP contribution >= 0.6 is 0 Å². The van der Waals surface area contributed by atoms with E-state index in [1.807, 2.05) is 31.3 Å². The van der Waals surface area contributed by atoms with Crippen LogP contribution < -0.4 is 21.9 Å². The molecule has 0 bridgehead atoms. The minimum Gasteiger partial charge on any atom is -0.399 e. The molecule has 1 aromatic carbocycles. The predicted octanol–water partition coefficient (Wildman–Crippen LogP) is 0.566.